The molecule has 5 nitrogen and oxygen atoms in total. The molecule has 0 spiro atoms. The van der Waals surface area contributed by atoms with Crippen LogP contribution in [0.15, 0.2) is 36.4 Å². The number of hydrogen-bond acceptors (Lipinski definition) is 5. The zero-order chi connectivity index (χ0) is 20.1. The number of hydrogen-bond donors (Lipinski definition) is 1. The maximum absolute atomic E-state index is 13.4. The lowest BCUT2D eigenvalue weighted by atomic mass is 10.0. The van der Waals surface area contributed by atoms with Crippen LogP contribution in [0, 0.1) is 0 Å². The minimum Gasteiger partial charge on any atom is -0.493 e. The predicted octanol–water partition coefficient (Wildman–Crippen LogP) is 3.87. The van der Waals surface area contributed by atoms with Crippen LogP contribution in [-0.4, -0.2) is 32.0 Å². The van der Waals surface area contributed by atoms with Crippen LogP contribution in [0.2, 0.25) is 0 Å². The fourth-order valence-corrected chi connectivity index (χ4v) is 2.95. The van der Waals surface area contributed by atoms with Gasteiger partial charge in [-0.25, -0.2) is 0 Å². The van der Waals surface area contributed by atoms with E-state index in [9.17, 15) is 13.2 Å². The summed E-state index contributed by atoms with van der Waals surface area (Å²) in [6, 6.07) is 8.99. The van der Waals surface area contributed by atoms with Crippen LogP contribution in [0.25, 0.3) is 0 Å². The number of alkyl halides is 3. The Morgan fingerprint density at radius 1 is 1.07 bits per heavy atom. The van der Waals surface area contributed by atoms with Crippen molar-refractivity contribution in [2.24, 2.45) is 0 Å². The standard InChI is InChI=1S/C20H21F3O5/c1-25-18-11-14(19-26-8-9-27-19)4-5-17(18)28-12-15-3-2-13(6-7-24)10-16(15)20(21,22)23/h2-5,10-11,19,24H,6-9,12H2,1H3. The van der Waals surface area contributed by atoms with Crippen LogP contribution in [0.4, 0.5) is 13.2 Å². The molecule has 2 aromatic carbocycles. The lowest BCUT2D eigenvalue weighted by molar-refractivity contribution is -0.138. The predicted molar refractivity (Wildman–Crippen MR) is 94.2 cm³/mol. The van der Waals surface area contributed by atoms with Crippen LogP contribution in [0.1, 0.15) is 28.5 Å². The summed E-state index contributed by atoms with van der Waals surface area (Å²) in [4.78, 5) is 0. The molecular weight excluding hydrogens is 377 g/mol. The number of aliphatic hydroxyl groups excluding tert-OH is 1. The van der Waals surface area contributed by atoms with Gasteiger partial charge in [-0.3, -0.25) is 0 Å². The molecule has 0 atom stereocenters. The fraction of sp³-hybridized carbons (Fsp3) is 0.400. The summed E-state index contributed by atoms with van der Waals surface area (Å²) in [5.74, 6) is 0.693. The van der Waals surface area contributed by atoms with Gasteiger partial charge in [0.15, 0.2) is 17.8 Å². The SMILES string of the molecule is COc1cc(C2OCCO2)ccc1OCc1ccc(CCO)cc1C(F)(F)F. The van der Waals surface area contributed by atoms with Gasteiger partial charge in [-0.2, -0.15) is 13.2 Å². The summed E-state index contributed by atoms with van der Waals surface area (Å²) in [5, 5.41) is 8.96. The molecule has 152 valence electrons. The largest absolute Gasteiger partial charge is 0.493 e. The van der Waals surface area contributed by atoms with E-state index < -0.39 is 18.0 Å². The Kier molecular flexibility index (Phi) is 6.43. The summed E-state index contributed by atoms with van der Waals surface area (Å²) in [6.07, 6.45) is -4.85. The molecule has 1 aliphatic rings. The number of benzene rings is 2. The van der Waals surface area contributed by atoms with E-state index in [4.69, 9.17) is 24.1 Å². The summed E-state index contributed by atoms with van der Waals surface area (Å²) in [7, 11) is 1.45. The maximum atomic E-state index is 13.4. The van der Waals surface area contributed by atoms with E-state index in [0.717, 1.165) is 11.6 Å². The van der Waals surface area contributed by atoms with Crippen LogP contribution in [0.5, 0.6) is 11.5 Å². The van der Waals surface area contributed by atoms with Crippen molar-refractivity contribution in [2.75, 3.05) is 26.9 Å². The fourth-order valence-electron chi connectivity index (χ4n) is 2.95. The van der Waals surface area contributed by atoms with Gasteiger partial charge in [0.05, 0.1) is 25.9 Å². The second-order valence-corrected chi connectivity index (χ2v) is 6.24. The Bertz CT molecular complexity index is 801. The van der Waals surface area contributed by atoms with Crippen molar-refractivity contribution in [1.29, 1.82) is 0 Å². The van der Waals surface area contributed by atoms with Gasteiger partial charge in [0.1, 0.15) is 6.61 Å². The molecule has 1 fully saturated rings. The van der Waals surface area contributed by atoms with E-state index in [2.05, 4.69) is 0 Å². The molecule has 1 heterocycles. The van der Waals surface area contributed by atoms with Crippen molar-refractivity contribution in [2.45, 2.75) is 25.5 Å². The second-order valence-electron chi connectivity index (χ2n) is 6.24. The lowest BCUT2D eigenvalue weighted by Gasteiger charge is -2.17. The van der Waals surface area contributed by atoms with E-state index in [-0.39, 0.29) is 25.2 Å². The third-order valence-corrected chi connectivity index (χ3v) is 4.34. The topological polar surface area (TPSA) is 57.2 Å². The number of halogens is 3. The summed E-state index contributed by atoms with van der Waals surface area (Å²) >= 11 is 0. The molecule has 0 unspecified atom stereocenters. The number of ether oxygens (including phenoxy) is 4. The van der Waals surface area contributed by atoms with Gasteiger partial charge in [0.25, 0.3) is 0 Å². The minimum absolute atomic E-state index is 0.00257. The van der Waals surface area contributed by atoms with Gasteiger partial charge in [0.2, 0.25) is 0 Å². The first kappa shape index (κ1) is 20.4. The zero-order valence-corrected chi connectivity index (χ0v) is 15.3. The number of methoxy groups -OCH3 is 1. The molecular formula is C20H21F3O5. The first-order valence-corrected chi connectivity index (χ1v) is 8.76. The number of aliphatic hydroxyl groups is 1. The van der Waals surface area contributed by atoms with Gasteiger partial charge in [-0.05, 0) is 30.2 Å². The molecule has 1 N–H and O–H groups in total. The van der Waals surface area contributed by atoms with E-state index in [1.54, 1.807) is 24.3 Å². The van der Waals surface area contributed by atoms with Crippen molar-refractivity contribution >= 4 is 0 Å². The maximum Gasteiger partial charge on any atom is 0.416 e. The van der Waals surface area contributed by atoms with E-state index in [1.807, 2.05) is 0 Å². The highest BCUT2D eigenvalue weighted by Gasteiger charge is 2.33. The molecule has 2 aromatic rings. The van der Waals surface area contributed by atoms with Crippen molar-refractivity contribution in [3.8, 4) is 11.5 Å². The summed E-state index contributed by atoms with van der Waals surface area (Å²) in [6.45, 7) is 0.501. The molecule has 0 bridgehead atoms. The van der Waals surface area contributed by atoms with Crippen molar-refractivity contribution in [1.82, 2.24) is 0 Å². The van der Waals surface area contributed by atoms with Gasteiger partial charge in [0, 0.05) is 17.7 Å². The van der Waals surface area contributed by atoms with Crippen LogP contribution in [0.3, 0.4) is 0 Å². The molecule has 0 radical (unpaired) electrons. The Balaban J connectivity index is 1.79. The van der Waals surface area contributed by atoms with Crippen molar-refractivity contribution in [3.63, 3.8) is 0 Å². The van der Waals surface area contributed by atoms with E-state index in [1.165, 1.54) is 13.2 Å². The van der Waals surface area contributed by atoms with E-state index in [0.29, 0.717) is 30.3 Å². The monoisotopic (exact) mass is 398 g/mol. The third kappa shape index (κ3) is 4.76. The quantitative estimate of drug-likeness (QED) is 0.767. The molecule has 28 heavy (non-hydrogen) atoms. The van der Waals surface area contributed by atoms with Gasteiger partial charge >= 0.3 is 6.18 Å². The molecule has 3 rings (SSSR count). The van der Waals surface area contributed by atoms with Gasteiger partial charge in [-0.1, -0.05) is 18.2 Å². The normalized spacial score (nSPS) is 15.0. The van der Waals surface area contributed by atoms with Gasteiger partial charge in [-0.15, -0.1) is 0 Å². The third-order valence-electron chi connectivity index (χ3n) is 4.34. The van der Waals surface area contributed by atoms with Crippen LogP contribution < -0.4 is 9.47 Å². The molecule has 8 heteroatoms. The Hall–Kier alpha value is -2.29. The highest BCUT2D eigenvalue weighted by Crippen LogP contribution is 2.36. The molecule has 0 amide bonds. The highest BCUT2D eigenvalue weighted by molar-refractivity contribution is 5.44. The van der Waals surface area contributed by atoms with E-state index >= 15 is 0 Å². The summed E-state index contributed by atoms with van der Waals surface area (Å²) < 4.78 is 62.0. The molecule has 1 aliphatic heterocycles. The summed E-state index contributed by atoms with van der Waals surface area (Å²) in [5.41, 5.74) is 0.382. The van der Waals surface area contributed by atoms with Crippen LogP contribution in [-0.2, 0) is 28.7 Å². The first-order valence-electron chi connectivity index (χ1n) is 8.76. The second kappa shape index (κ2) is 8.81. The van der Waals surface area contributed by atoms with Crippen molar-refractivity contribution in [3.05, 3.63) is 58.7 Å². The molecule has 1 saturated heterocycles. The van der Waals surface area contributed by atoms with Crippen LogP contribution >= 0.6 is 0 Å². The Morgan fingerprint density at radius 3 is 2.46 bits per heavy atom. The lowest BCUT2D eigenvalue weighted by Crippen LogP contribution is -2.12. The molecule has 0 saturated carbocycles. The minimum atomic E-state index is -4.52. The zero-order valence-electron chi connectivity index (χ0n) is 15.3. The molecule has 0 aromatic heterocycles. The highest BCUT2D eigenvalue weighted by atomic mass is 19.4. The van der Waals surface area contributed by atoms with Crippen molar-refractivity contribution < 1.29 is 37.2 Å². The Labute approximate surface area is 160 Å². The Morgan fingerprint density at radius 2 is 1.82 bits per heavy atom. The number of rotatable bonds is 7. The average Bonchev–Trinajstić information content (AvgIpc) is 3.21. The molecule has 0 aliphatic carbocycles. The average molecular weight is 398 g/mol. The smallest absolute Gasteiger partial charge is 0.416 e. The van der Waals surface area contributed by atoms with Gasteiger partial charge < -0.3 is 24.1 Å². The first-order chi connectivity index (χ1) is 13.4.